The number of alkyl halides is 3. The molecular formula is C16H18F3N3. The molecule has 118 valence electrons. The van der Waals surface area contributed by atoms with Gasteiger partial charge in [-0.3, -0.25) is 4.68 Å². The summed E-state index contributed by atoms with van der Waals surface area (Å²) in [5, 5.41) is 3.57. The average molecular weight is 309 g/mol. The quantitative estimate of drug-likeness (QED) is 0.814. The second-order valence-corrected chi connectivity index (χ2v) is 5.80. The number of aromatic nitrogens is 2. The molecule has 1 unspecified atom stereocenters. The van der Waals surface area contributed by atoms with Gasteiger partial charge in [0.15, 0.2) is 5.69 Å². The molecule has 2 aromatic rings. The summed E-state index contributed by atoms with van der Waals surface area (Å²) >= 11 is 0. The van der Waals surface area contributed by atoms with Crippen molar-refractivity contribution in [2.24, 2.45) is 12.8 Å². The van der Waals surface area contributed by atoms with Crippen LogP contribution in [0.3, 0.4) is 0 Å². The average Bonchev–Trinajstić information content (AvgIpc) is 2.75. The largest absolute Gasteiger partial charge is 0.435 e. The number of halogens is 3. The van der Waals surface area contributed by atoms with Crippen LogP contribution in [0.4, 0.5) is 13.2 Å². The molecule has 1 aromatic carbocycles. The van der Waals surface area contributed by atoms with Crippen molar-refractivity contribution in [3.63, 3.8) is 0 Å². The first-order chi connectivity index (χ1) is 10.4. The van der Waals surface area contributed by atoms with Gasteiger partial charge in [0.25, 0.3) is 0 Å². The summed E-state index contributed by atoms with van der Waals surface area (Å²) in [6.45, 7) is 0. The van der Waals surface area contributed by atoms with Crippen molar-refractivity contribution in [1.29, 1.82) is 0 Å². The van der Waals surface area contributed by atoms with Crippen LogP contribution in [0.25, 0.3) is 11.3 Å². The van der Waals surface area contributed by atoms with Crippen molar-refractivity contribution < 1.29 is 13.2 Å². The van der Waals surface area contributed by atoms with E-state index in [0.29, 0.717) is 5.69 Å². The fourth-order valence-electron chi connectivity index (χ4n) is 3.05. The third-order valence-electron chi connectivity index (χ3n) is 4.22. The van der Waals surface area contributed by atoms with Crippen LogP contribution in [0.1, 0.15) is 42.1 Å². The van der Waals surface area contributed by atoms with Crippen LogP contribution >= 0.6 is 0 Å². The van der Waals surface area contributed by atoms with E-state index in [1.807, 2.05) is 18.2 Å². The number of benzene rings is 1. The van der Waals surface area contributed by atoms with Crippen LogP contribution < -0.4 is 5.73 Å². The zero-order valence-corrected chi connectivity index (χ0v) is 12.3. The van der Waals surface area contributed by atoms with Gasteiger partial charge in [0.2, 0.25) is 0 Å². The van der Waals surface area contributed by atoms with Crippen LogP contribution in [0, 0.1) is 0 Å². The van der Waals surface area contributed by atoms with E-state index in [1.165, 1.54) is 11.7 Å². The molecule has 6 heteroatoms. The molecule has 0 saturated heterocycles. The highest BCUT2D eigenvalue weighted by Crippen LogP contribution is 2.34. The Balaban J connectivity index is 2.03. The summed E-state index contributed by atoms with van der Waals surface area (Å²) < 4.78 is 39.6. The van der Waals surface area contributed by atoms with E-state index in [1.54, 1.807) is 0 Å². The molecule has 2 N–H and O–H groups in total. The summed E-state index contributed by atoms with van der Waals surface area (Å²) in [7, 11) is 1.53. The molecule has 0 bridgehead atoms. The molecule has 0 saturated carbocycles. The molecule has 1 aliphatic carbocycles. The monoisotopic (exact) mass is 309 g/mol. The first-order valence-electron chi connectivity index (χ1n) is 7.36. The smallest absolute Gasteiger partial charge is 0.324 e. The maximum Gasteiger partial charge on any atom is 0.435 e. The highest BCUT2D eigenvalue weighted by atomic mass is 19.4. The first-order valence-corrected chi connectivity index (χ1v) is 7.36. The van der Waals surface area contributed by atoms with Gasteiger partial charge in [0.05, 0.1) is 5.69 Å². The van der Waals surface area contributed by atoms with Crippen molar-refractivity contribution in [2.75, 3.05) is 0 Å². The lowest BCUT2D eigenvalue weighted by Gasteiger charge is -2.14. The Labute approximate surface area is 126 Å². The maximum atomic E-state index is 12.8. The van der Waals surface area contributed by atoms with Crippen LogP contribution in [-0.4, -0.2) is 9.78 Å². The summed E-state index contributed by atoms with van der Waals surface area (Å²) in [6, 6.07) is 6.85. The van der Waals surface area contributed by atoms with Gasteiger partial charge < -0.3 is 5.73 Å². The van der Waals surface area contributed by atoms with E-state index in [2.05, 4.69) is 5.10 Å². The Morgan fingerprint density at radius 3 is 2.68 bits per heavy atom. The first kappa shape index (κ1) is 15.1. The van der Waals surface area contributed by atoms with E-state index in [0.717, 1.165) is 48.4 Å². The Bertz CT molecular complexity index is 688. The zero-order valence-electron chi connectivity index (χ0n) is 12.3. The van der Waals surface area contributed by atoms with E-state index in [4.69, 9.17) is 5.73 Å². The Morgan fingerprint density at radius 1 is 1.23 bits per heavy atom. The van der Waals surface area contributed by atoms with Gasteiger partial charge in [-0.05, 0) is 42.5 Å². The SMILES string of the molecule is Cn1nc(C(F)(F)F)cc1-c1ccc2c(c1)CCCCC2N. The van der Waals surface area contributed by atoms with Crippen LogP contribution in [0.5, 0.6) is 0 Å². The van der Waals surface area contributed by atoms with E-state index in [-0.39, 0.29) is 6.04 Å². The predicted molar refractivity (Wildman–Crippen MR) is 78.1 cm³/mol. The number of aryl methyl sites for hydroxylation is 2. The molecule has 0 spiro atoms. The highest BCUT2D eigenvalue weighted by Gasteiger charge is 2.34. The van der Waals surface area contributed by atoms with Gasteiger partial charge in [-0.25, -0.2) is 0 Å². The molecule has 3 rings (SSSR count). The molecule has 1 aliphatic rings. The number of hydrogen-bond donors (Lipinski definition) is 1. The third-order valence-corrected chi connectivity index (χ3v) is 4.22. The van der Waals surface area contributed by atoms with E-state index < -0.39 is 11.9 Å². The minimum Gasteiger partial charge on any atom is -0.324 e. The van der Waals surface area contributed by atoms with Crippen molar-refractivity contribution >= 4 is 0 Å². The second-order valence-electron chi connectivity index (χ2n) is 5.80. The van der Waals surface area contributed by atoms with Crippen LogP contribution in [0.15, 0.2) is 24.3 Å². The summed E-state index contributed by atoms with van der Waals surface area (Å²) in [5.41, 5.74) is 8.76. The number of rotatable bonds is 1. The summed E-state index contributed by atoms with van der Waals surface area (Å²) in [6.07, 6.45) is -0.417. The van der Waals surface area contributed by atoms with Gasteiger partial charge in [0, 0.05) is 18.7 Å². The number of fused-ring (bicyclic) bond motifs is 1. The molecule has 22 heavy (non-hydrogen) atoms. The van der Waals surface area contributed by atoms with E-state index >= 15 is 0 Å². The lowest BCUT2D eigenvalue weighted by atomic mass is 9.96. The van der Waals surface area contributed by atoms with Crippen LogP contribution in [-0.2, 0) is 19.6 Å². The number of hydrogen-bond acceptors (Lipinski definition) is 2. The summed E-state index contributed by atoms with van der Waals surface area (Å²) in [5.74, 6) is 0. The number of nitrogens with two attached hydrogens (primary N) is 1. The minimum atomic E-state index is -4.43. The molecule has 3 nitrogen and oxygen atoms in total. The fraction of sp³-hybridized carbons (Fsp3) is 0.438. The van der Waals surface area contributed by atoms with Crippen molar-refractivity contribution in [2.45, 2.75) is 37.9 Å². The molecule has 0 amide bonds. The fourth-order valence-corrected chi connectivity index (χ4v) is 3.05. The molecule has 1 heterocycles. The van der Waals surface area contributed by atoms with Crippen molar-refractivity contribution in [1.82, 2.24) is 9.78 Å². The topological polar surface area (TPSA) is 43.8 Å². The van der Waals surface area contributed by atoms with Gasteiger partial charge in [-0.1, -0.05) is 18.6 Å². The lowest BCUT2D eigenvalue weighted by Crippen LogP contribution is -2.10. The molecule has 0 radical (unpaired) electrons. The normalized spacial score (nSPS) is 18.9. The molecule has 0 fully saturated rings. The standard InChI is InChI=1S/C16H18F3N3/c1-22-14(9-15(21-22)16(17,18)19)11-6-7-12-10(8-11)4-2-3-5-13(12)20/h6-9,13H,2-5,20H2,1H3. The Morgan fingerprint density at radius 2 is 2.00 bits per heavy atom. The third kappa shape index (κ3) is 2.75. The maximum absolute atomic E-state index is 12.8. The minimum absolute atomic E-state index is 0.0174. The Hall–Kier alpha value is -1.82. The molecule has 0 aliphatic heterocycles. The second kappa shape index (κ2) is 5.43. The Kier molecular flexibility index (Phi) is 3.72. The highest BCUT2D eigenvalue weighted by molar-refractivity contribution is 5.62. The van der Waals surface area contributed by atoms with Gasteiger partial charge >= 0.3 is 6.18 Å². The summed E-state index contributed by atoms with van der Waals surface area (Å²) in [4.78, 5) is 0. The van der Waals surface area contributed by atoms with Crippen molar-refractivity contribution in [3.05, 3.63) is 41.1 Å². The lowest BCUT2D eigenvalue weighted by molar-refractivity contribution is -0.141. The van der Waals surface area contributed by atoms with E-state index in [9.17, 15) is 13.2 Å². The van der Waals surface area contributed by atoms with Gasteiger partial charge in [-0.2, -0.15) is 18.3 Å². The van der Waals surface area contributed by atoms with Crippen molar-refractivity contribution in [3.8, 4) is 11.3 Å². The predicted octanol–water partition coefficient (Wildman–Crippen LogP) is 3.83. The van der Waals surface area contributed by atoms with Gasteiger partial charge in [0.1, 0.15) is 0 Å². The molecule has 1 aromatic heterocycles. The molecular weight excluding hydrogens is 291 g/mol. The van der Waals surface area contributed by atoms with Gasteiger partial charge in [-0.15, -0.1) is 0 Å². The molecule has 1 atom stereocenters. The number of nitrogens with zero attached hydrogens (tertiary/aromatic N) is 2. The zero-order chi connectivity index (χ0) is 15.9. The van der Waals surface area contributed by atoms with Crippen LogP contribution in [0.2, 0.25) is 0 Å².